The number of nitrogens with zero attached hydrogens (tertiary/aromatic N) is 1. The maximum atomic E-state index is 11.3. The average molecular weight is 277 g/mol. The van der Waals surface area contributed by atoms with Crippen LogP contribution in [0.15, 0.2) is 47.0 Å². The second-order valence-corrected chi connectivity index (χ2v) is 4.30. The summed E-state index contributed by atoms with van der Waals surface area (Å²) in [6.07, 6.45) is 2.65. The van der Waals surface area contributed by atoms with Gasteiger partial charge in [-0.2, -0.15) is 0 Å². The number of allylic oxidation sites excluding steroid dienone is 1. The quantitative estimate of drug-likeness (QED) is 0.259. The van der Waals surface area contributed by atoms with Gasteiger partial charge in [0.1, 0.15) is 5.76 Å². The first-order valence-electron chi connectivity index (χ1n) is 6.65. The van der Waals surface area contributed by atoms with Crippen LogP contribution in [-0.2, 0) is 16.0 Å². The second kappa shape index (κ2) is 8.85. The van der Waals surface area contributed by atoms with Gasteiger partial charge in [-0.25, -0.2) is 4.79 Å². The monoisotopic (exact) mass is 277 g/mol. The van der Waals surface area contributed by atoms with Crippen LogP contribution in [-0.4, -0.2) is 17.7 Å². The molecule has 5 heteroatoms. The minimum Gasteiger partial charge on any atom is -0.510 e. The van der Waals surface area contributed by atoms with Gasteiger partial charge in [-0.05, 0) is 36.9 Å². The zero-order valence-corrected chi connectivity index (χ0v) is 11.5. The Bertz CT molecular complexity index is 468. The lowest BCUT2D eigenvalue weighted by molar-refractivity contribution is -0.138. The Balaban J connectivity index is 2.43. The van der Waals surface area contributed by atoms with Gasteiger partial charge in [0.25, 0.3) is 0 Å². The van der Waals surface area contributed by atoms with E-state index < -0.39 is 11.7 Å². The Morgan fingerprint density at radius 2 is 1.95 bits per heavy atom. The standard InChI is InChI=1S/C15H19NO4/c1-2-20-15(18)14(16-19)13(17)11-7-6-10-12-8-4-3-5-9-12/h3-5,8-9,17H,2,6-7,10-11H2,1H3. The highest BCUT2D eigenvalue weighted by molar-refractivity contribution is 5.88. The third-order valence-corrected chi connectivity index (χ3v) is 2.81. The van der Waals surface area contributed by atoms with Crippen molar-refractivity contribution in [1.82, 2.24) is 0 Å². The minimum atomic E-state index is -0.872. The third kappa shape index (κ3) is 5.22. The van der Waals surface area contributed by atoms with Gasteiger partial charge in [0.2, 0.25) is 5.70 Å². The van der Waals surface area contributed by atoms with Crippen LogP contribution in [0.3, 0.4) is 0 Å². The maximum absolute atomic E-state index is 11.3. The molecule has 0 spiro atoms. The van der Waals surface area contributed by atoms with Gasteiger partial charge in [0, 0.05) is 6.42 Å². The number of carbonyl (C=O) groups excluding carboxylic acids is 1. The summed E-state index contributed by atoms with van der Waals surface area (Å²) in [6, 6.07) is 9.97. The number of ether oxygens (including phenoxy) is 1. The molecule has 1 rings (SSSR count). The fraction of sp³-hybridized carbons (Fsp3) is 0.400. The molecule has 0 aliphatic rings. The lowest BCUT2D eigenvalue weighted by Crippen LogP contribution is -2.08. The largest absolute Gasteiger partial charge is 0.510 e. The molecule has 0 heterocycles. The predicted octanol–water partition coefficient (Wildman–Crippen LogP) is 3.50. The van der Waals surface area contributed by atoms with Gasteiger partial charge < -0.3 is 9.84 Å². The van der Waals surface area contributed by atoms with Gasteiger partial charge in [-0.3, -0.25) is 0 Å². The van der Waals surface area contributed by atoms with Gasteiger partial charge in [-0.1, -0.05) is 30.3 Å². The third-order valence-electron chi connectivity index (χ3n) is 2.81. The van der Waals surface area contributed by atoms with Crippen molar-refractivity contribution in [2.24, 2.45) is 5.18 Å². The van der Waals surface area contributed by atoms with Crippen molar-refractivity contribution in [3.05, 3.63) is 52.3 Å². The Morgan fingerprint density at radius 1 is 1.25 bits per heavy atom. The summed E-state index contributed by atoms with van der Waals surface area (Å²) in [7, 11) is 0. The van der Waals surface area contributed by atoms with Crippen LogP contribution >= 0.6 is 0 Å². The van der Waals surface area contributed by atoms with E-state index in [-0.39, 0.29) is 18.8 Å². The number of carbonyl (C=O) groups is 1. The molecule has 0 atom stereocenters. The van der Waals surface area contributed by atoms with Crippen LogP contribution in [0.1, 0.15) is 31.7 Å². The van der Waals surface area contributed by atoms with E-state index in [0.717, 1.165) is 12.8 Å². The van der Waals surface area contributed by atoms with Gasteiger partial charge in [0.05, 0.1) is 6.61 Å². The van der Waals surface area contributed by atoms with Crippen molar-refractivity contribution >= 4 is 5.97 Å². The number of hydrogen-bond acceptors (Lipinski definition) is 5. The van der Waals surface area contributed by atoms with E-state index in [4.69, 9.17) is 0 Å². The lowest BCUT2D eigenvalue weighted by Gasteiger charge is -2.04. The number of esters is 1. The van der Waals surface area contributed by atoms with Crippen LogP contribution in [0.5, 0.6) is 0 Å². The van der Waals surface area contributed by atoms with E-state index in [0.29, 0.717) is 6.42 Å². The second-order valence-electron chi connectivity index (χ2n) is 4.30. The summed E-state index contributed by atoms with van der Waals surface area (Å²) < 4.78 is 4.64. The lowest BCUT2D eigenvalue weighted by atomic mass is 10.1. The van der Waals surface area contributed by atoms with Gasteiger partial charge in [-0.15, -0.1) is 4.91 Å². The highest BCUT2D eigenvalue weighted by Gasteiger charge is 2.17. The SMILES string of the molecule is CCOC(=O)C(N=O)=C(O)CCCCc1ccccc1. The first kappa shape index (κ1) is 15.9. The molecule has 0 saturated heterocycles. The number of unbranched alkanes of at least 4 members (excludes halogenated alkanes) is 1. The molecule has 0 aliphatic carbocycles. The molecule has 1 aromatic rings. The molecule has 108 valence electrons. The van der Waals surface area contributed by atoms with E-state index in [1.54, 1.807) is 6.92 Å². The molecule has 0 saturated carbocycles. The minimum absolute atomic E-state index is 0.138. The number of aliphatic hydroxyl groups is 1. The Morgan fingerprint density at radius 3 is 2.55 bits per heavy atom. The number of nitroso groups, excluding NO2 is 1. The maximum Gasteiger partial charge on any atom is 0.364 e. The van der Waals surface area contributed by atoms with Crippen molar-refractivity contribution in [1.29, 1.82) is 0 Å². The summed E-state index contributed by atoms with van der Waals surface area (Å²) >= 11 is 0. The van der Waals surface area contributed by atoms with Crippen molar-refractivity contribution in [3.63, 3.8) is 0 Å². The van der Waals surface area contributed by atoms with E-state index >= 15 is 0 Å². The van der Waals surface area contributed by atoms with Crippen molar-refractivity contribution < 1.29 is 14.6 Å². The van der Waals surface area contributed by atoms with E-state index in [1.807, 2.05) is 30.3 Å². The Hall–Kier alpha value is -2.17. The molecule has 1 N–H and O–H groups in total. The van der Waals surface area contributed by atoms with Crippen LogP contribution in [0.25, 0.3) is 0 Å². The Labute approximate surface area is 118 Å². The van der Waals surface area contributed by atoms with Crippen molar-refractivity contribution in [2.75, 3.05) is 6.61 Å². The fourth-order valence-electron chi connectivity index (χ4n) is 1.79. The molecule has 20 heavy (non-hydrogen) atoms. The summed E-state index contributed by atoms with van der Waals surface area (Å²) in [5.41, 5.74) is 0.696. The molecule has 0 bridgehead atoms. The number of aliphatic hydroxyl groups excluding tert-OH is 1. The van der Waals surface area contributed by atoms with Crippen molar-refractivity contribution in [3.8, 4) is 0 Å². The molecule has 0 unspecified atom stereocenters. The predicted molar refractivity (Wildman–Crippen MR) is 76.1 cm³/mol. The number of benzene rings is 1. The van der Waals surface area contributed by atoms with Crippen molar-refractivity contribution in [2.45, 2.75) is 32.6 Å². The topological polar surface area (TPSA) is 76.0 Å². The number of aryl methyl sites for hydroxylation is 1. The average Bonchev–Trinajstić information content (AvgIpc) is 2.46. The summed E-state index contributed by atoms with van der Waals surface area (Å²) in [5.74, 6) is -1.17. The van der Waals surface area contributed by atoms with Crippen LogP contribution < -0.4 is 0 Å². The molecular weight excluding hydrogens is 258 g/mol. The molecule has 0 aromatic heterocycles. The highest BCUT2D eigenvalue weighted by Crippen LogP contribution is 2.14. The number of rotatable bonds is 8. The fourth-order valence-corrected chi connectivity index (χ4v) is 1.79. The Kier molecular flexibility index (Phi) is 7.03. The first-order chi connectivity index (χ1) is 9.69. The van der Waals surface area contributed by atoms with Crippen LogP contribution in [0, 0.1) is 4.91 Å². The smallest absolute Gasteiger partial charge is 0.364 e. The van der Waals surface area contributed by atoms with Crippen LogP contribution in [0.2, 0.25) is 0 Å². The van der Waals surface area contributed by atoms with E-state index in [1.165, 1.54) is 5.56 Å². The first-order valence-corrected chi connectivity index (χ1v) is 6.65. The molecule has 1 aromatic carbocycles. The molecular formula is C15H19NO4. The summed E-state index contributed by atoms with van der Waals surface area (Å²) in [5, 5.41) is 12.2. The molecule has 0 aliphatic heterocycles. The summed E-state index contributed by atoms with van der Waals surface area (Å²) in [4.78, 5) is 21.9. The van der Waals surface area contributed by atoms with Gasteiger partial charge >= 0.3 is 5.97 Å². The highest BCUT2D eigenvalue weighted by atomic mass is 16.5. The zero-order valence-electron chi connectivity index (χ0n) is 11.5. The van der Waals surface area contributed by atoms with Crippen LogP contribution in [0.4, 0.5) is 0 Å². The molecule has 0 fully saturated rings. The molecule has 0 radical (unpaired) electrons. The molecule has 0 amide bonds. The summed E-state index contributed by atoms with van der Waals surface area (Å²) in [6.45, 7) is 1.76. The molecule has 5 nitrogen and oxygen atoms in total. The van der Waals surface area contributed by atoms with E-state index in [9.17, 15) is 14.8 Å². The zero-order chi connectivity index (χ0) is 14.8. The number of hydrogen-bond donors (Lipinski definition) is 1. The van der Waals surface area contributed by atoms with Gasteiger partial charge in [0.15, 0.2) is 0 Å². The van der Waals surface area contributed by atoms with E-state index in [2.05, 4.69) is 9.91 Å². The normalized spacial score (nSPS) is 11.7.